The van der Waals surface area contributed by atoms with E-state index in [0.29, 0.717) is 5.92 Å². The van der Waals surface area contributed by atoms with Crippen molar-refractivity contribution in [2.45, 2.75) is 44.8 Å². The van der Waals surface area contributed by atoms with Crippen LogP contribution in [0.5, 0.6) is 0 Å². The number of fused-ring (bicyclic) bond motifs is 1. The van der Waals surface area contributed by atoms with Gasteiger partial charge in [0.2, 0.25) is 0 Å². The molecule has 0 aliphatic heterocycles. The molecule has 1 amide bonds. The zero-order valence-corrected chi connectivity index (χ0v) is 13.2. The highest BCUT2D eigenvalue weighted by Gasteiger charge is 2.30. The van der Waals surface area contributed by atoms with Crippen molar-refractivity contribution in [1.82, 2.24) is 15.3 Å². The average Bonchev–Trinajstić information content (AvgIpc) is 2.55. The fourth-order valence-electron chi connectivity index (χ4n) is 2.96. The van der Waals surface area contributed by atoms with Crippen molar-refractivity contribution < 1.29 is 18.0 Å². The predicted octanol–water partition coefficient (Wildman–Crippen LogP) is 3.96. The first-order valence-corrected chi connectivity index (χ1v) is 7.98. The summed E-state index contributed by atoms with van der Waals surface area (Å²) < 4.78 is 38.1. The Morgan fingerprint density at radius 3 is 2.54 bits per heavy atom. The van der Waals surface area contributed by atoms with Gasteiger partial charge in [-0.15, -0.1) is 0 Å². The van der Waals surface area contributed by atoms with Gasteiger partial charge in [0.05, 0.1) is 22.8 Å². The van der Waals surface area contributed by atoms with Gasteiger partial charge in [-0.25, -0.2) is 4.98 Å². The van der Waals surface area contributed by atoms with Crippen LogP contribution in [0.2, 0.25) is 0 Å². The SMILES string of the molecule is CC1CCC(NC(=O)c2cnc3cc(C(F)(F)F)ccc3n2)CC1. The average molecular weight is 337 g/mol. The number of halogens is 3. The number of hydrogen-bond donors (Lipinski definition) is 1. The molecular formula is C17H18F3N3O. The molecule has 24 heavy (non-hydrogen) atoms. The maximum absolute atomic E-state index is 12.7. The Hall–Kier alpha value is -2.18. The van der Waals surface area contributed by atoms with Crippen molar-refractivity contribution in [3.8, 4) is 0 Å². The Morgan fingerprint density at radius 2 is 1.88 bits per heavy atom. The van der Waals surface area contributed by atoms with Crippen LogP contribution in [-0.2, 0) is 6.18 Å². The summed E-state index contributed by atoms with van der Waals surface area (Å²) in [5.74, 6) is 0.352. The molecule has 1 aromatic carbocycles. The molecule has 0 atom stereocenters. The molecular weight excluding hydrogens is 319 g/mol. The summed E-state index contributed by atoms with van der Waals surface area (Å²) in [5, 5.41) is 2.93. The lowest BCUT2D eigenvalue weighted by atomic mass is 9.87. The first-order valence-electron chi connectivity index (χ1n) is 7.98. The monoisotopic (exact) mass is 337 g/mol. The summed E-state index contributed by atoms with van der Waals surface area (Å²) in [6.07, 6.45) is 0.822. The first kappa shape index (κ1) is 16.7. The number of amides is 1. The predicted molar refractivity (Wildman–Crippen MR) is 83.4 cm³/mol. The van der Waals surface area contributed by atoms with Gasteiger partial charge in [-0.1, -0.05) is 6.92 Å². The zero-order valence-electron chi connectivity index (χ0n) is 13.2. The van der Waals surface area contributed by atoms with Crippen LogP contribution in [0.15, 0.2) is 24.4 Å². The topological polar surface area (TPSA) is 54.9 Å². The Balaban J connectivity index is 1.76. The molecule has 0 saturated heterocycles. The molecule has 3 rings (SSSR count). The summed E-state index contributed by atoms with van der Waals surface area (Å²) in [4.78, 5) is 20.4. The molecule has 1 aromatic heterocycles. The summed E-state index contributed by atoms with van der Waals surface area (Å²) >= 11 is 0. The number of aromatic nitrogens is 2. The summed E-state index contributed by atoms with van der Waals surface area (Å²) in [7, 11) is 0. The molecule has 1 saturated carbocycles. The van der Waals surface area contributed by atoms with Gasteiger partial charge in [-0.05, 0) is 49.8 Å². The van der Waals surface area contributed by atoms with E-state index in [1.54, 1.807) is 0 Å². The van der Waals surface area contributed by atoms with Gasteiger partial charge < -0.3 is 5.32 Å². The molecule has 4 nitrogen and oxygen atoms in total. The number of nitrogens with zero attached hydrogens (tertiary/aromatic N) is 2. The maximum Gasteiger partial charge on any atom is 0.416 e. The van der Waals surface area contributed by atoms with E-state index in [9.17, 15) is 18.0 Å². The molecule has 1 aliphatic carbocycles. The number of hydrogen-bond acceptors (Lipinski definition) is 3. The molecule has 1 aliphatic rings. The van der Waals surface area contributed by atoms with Crippen LogP contribution < -0.4 is 5.32 Å². The Labute approximate surface area is 137 Å². The van der Waals surface area contributed by atoms with Crippen molar-refractivity contribution in [1.29, 1.82) is 0 Å². The lowest BCUT2D eigenvalue weighted by Gasteiger charge is -2.26. The summed E-state index contributed by atoms with van der Waals surface area (Å²) in [6, 6.07) is 3.25. The Morgan fingerprint density at radius 1 is 1.17 bits per heavy atom. The Kier molecular flexibility index (Phi) is 4.43. The number of carbonyl (C=O) groups is 1. The van der Waals surface area contributed by atoms with Gasteiger partial charge in [0.15, 0.2) is 0 Å². The molecule has 7 heteroatoms. The van der Waals surface area contributed by atoms with Crippen LogP contribution in [0.4, 0.5) is 13.2 Å². The minimum Gasteiger partial charge on any atom is -0.348 e. The smallest absolute Gasteiger partial charge is 0.348 e. The van der Waals surface area contributed by atoms with Crippen LogP contribution >= 0.6 is 0 Å². The molecule has 2 aromatic rings. The fourth-order valence-corrected chi connectivity index (χ4v) is 2.96. The normalized spacial score (nSPS) is 21.7. The highest BCUT2D eigenvalue weighted by Crippen LogP contribution is 2.30. The van der Waals surface area contributed by atoms with Crippen molar-refractivity contribution in [2.75, 3.05) is 0 Å². The van der Waals surface area contributed by atoms with E-state index >= 15 is 0 Å². The molecule has 1 heterocycles. The van der Waals surface area contributed by atoms with E-state index in [1.807, 2.05) is 0 Å². The van der Waals surface area contributed by atoms with Crippen LogP contribution in [0.3, 0.4) is 0 Å². The van der Waals surface area contributed by atoms with Crippen molar-refractivity contribution in [2.24, 2.45) is 5.92 Å². The fraction of sp³-hybridized carbons (Fsp3) is 0.471. The Bertz CT molecular complexity index is 752. The number of nitrogens with one attached hydrogen (secondary N) is 1. The quantitative estimate of drug-likeness (QED) is 0.902. The molecule has 1 N–H and O–H groups in total. The number of benzene rings is 1. The van der Waals surface area contributed by atoms with Gasteiger partial charge in [-0.2, -0.15) is 13.2 Å². The largest absolute Gasteiger partial charge is 0.416 e. The van der Waals surface area contributed by atoms with Gasteiger partial charge >= 0.3 is 6.18 Å². The molecule has 0 unspecified atom stereocenters. The highest BCUT2D eigenvalue weighted by atomic mass is 19.4. The van der Waals surface area contributed by atoms with E-state index in [0.717, 1.165) is 37.8 Å². The molecule has 128 valence electrons. The van der Waals surface area contributed by atoms with E-state index in [1.165, 1.54) is 12.3 Å². The van der Waals surface area contributed by atoms with Crippen molar-refractivity contribution in [3.05, 3.63) is 35.7 Å². The third-order valence-corrected chi connectivity index (χ3v) is 4.45. The second kappa shape index (κ2) is 6.37. The van der Waals surface area contributed by atoms with Gasteiger partial charge in [0.1, 0.15) is 5.69 Å². The van der Waals surface area contributed by atoms with Crippen LogP contribution in [-0.4, -0.2) is 21.9 Å². The third kappa shape index (κ3) is 3.66. The second-order valence-electron chi connectivity index (χ2n) is 6.39. The minimum atomic E-state index is -4.43. The van der Waals surface area contributed by atoms with Gasteiger partial charge in [-0.3, -0.25) is 9.78 Å². The van der Waals surface area contributed by atoms with Crippen LogP contribution in [0.1, 0.15) is 48.7 Å². The lowest BCUT2D eigenvalue weighted by Crippen LogP contribution is -2.37. The summed E-state index contributed by atoms with van der Waals surface area (Å²) in [5.41, 5.74) is -0.264. The van der Waals surface area contributed by atoms with E-state index in [2.05, 4.69) is 22.2 Å². The standard InChI is InChI=1S/C17H18F3N3O/c1-10-2-5-12(6-3-10)22-16(24)15-9-21-14-8-11(17(18,19)20)4-7-13(14)23-15/h4,7-10,12H,2-3,5-6H2,1H3,(H,22,24). The van der Waals surface area contributed by atoms with Crippen molar-refractivity contribution >= 4 is 16.9 Å². The molecule has 0 bridgehead atoms. The second-order valence-corrected chi connectivity index (χ2v) is 6.39. The maximum atomic E-state index is 12.7. The van der Waals surface area contributed by atoms with Gasteiger partial charge in [0, 0.05) is 6.04 Å². The first-order chi connectivity index (χ1) is 11.3. The van der Waals surface area contributed by atoms with E-state index in [-0.39, 0.29) is 28.7 Å². The molecule has 0 spiro atoms. The summed E-state index contributed by atoms with van der Waals surface area (Å²) in [6.45, 7) is 2.20. The van der Waals surface area contributed by atoms with Crippen molar-refractivity contribution in [3.63, 3.8) is 0 Å². The number of alkyl halides is 3. The lowest BCUT2D eigenvalue weighted by molar-refractivity contribution is -0.137. The molecule has 1 fully saturated rings. The third-order valence-electron chi connectivity index (χ3n) is 4.45. The zero-order chi connectivity index (χ0) is 17.3. The van der Waals surface area contributed by atoms with E-state index < -0.39 is 11.7 Å². The minimum absolute atomic E-state index is 0.118. The highest BCUT2D eigenvalue weighted by molar-refractivity contribution is 5.94. The number of rotatable bonds is 2. The van der Waals surface area contributed by atoms with Crippen LogP contribution in [0, 0.1) is 5.92 Å². The number of carbonyl (C=O) groups excluding carboxylic acids is 1. The molecule has 0 radical (unpaired) electrons. The van der Waals surface area contributed by atoms with E-state index in [4.69, 9.17) is 0 Å². The van der Waals surface area contributed by atoms with Crippen LogP contribution in [0.25, 0.3) is 11.0 Å². The van der Waals surface area contributed by atoms with Gasteiger partial charge in [0.25, 0.3) is 5.91 Å².